The molecule has 0 aliphatic carbocycles. The van der Waals surface area contributed by atoms with Crippen LogP contribution in [0.2, 0.25) is 5.02 Å². The summed E-state index contributed by atoms with van der Waals surface area (Å²) in [6.45, 7) is 1.57. The van der Waals surface area contributed by atoms with E-state index < -0.39 is 35.1 Å². The monoisotopic (exact) mass is 606 g/mol. The number of halogens is 5. The molecule has 1 fully saturated rings. The Labute approximate surface area is 244 Å². The van der Waals surface area contributed by atoms with Crippen LogP contribution < -0.4 is 20.1 Å². The highest BCUT2D eigenvalue weighted by Crippen LogP contribution is 2.36. The SMILES string of the molecule is CNc1nccc(-c2cccnc2Oc2cc(F)c(NSCc3ccc(Cl)cc3)c(F)c2F)n1.FC1CCCNC1. The summed E-state index contributed by atoms with van der Waals surface area (Å²) in [6.07, 6.45) is 4.11. The van der Waals surface area contributed by atoms with Crippen molar-refractivity contribution in [2.24, 2.45) is 0 Å². The number of nitrogens with zero attached hydrogens (tertiary/aromatic N) is 3. The third-order valence-corrected chi connectivity index (χ3v) is 6.90. The molecule has 2 aromatic carbocycles. The van der Waals surface area contributed by atoms with E-state index in [1.54, 1.807) is 49.5 Å². The summed E-state index contributed by atoms with van der Waals surface area (Å²) in [4.78, 5) is 12.4. The molecular weight excluding hydrogens is 580 g/mol. The lowest BCUT2D eigenvalue weighted by atomic mass is 10.1. The summed E-state index contributed by atoms with van der Waals surface area (Å²) in [5.74, 6) is -3.77. The van der Waals surface area contributed by atoms with Gasteiger partial charge in [-0.1, -0.05) is 23.7 Å². The Morgan fingerprint density at radius 3 is 2.56 bits per heavy atom. The number of ether oxygens (including phenoxy) is 1. The average Bonchev–Trinajstić information content (AvgIpc) is 2.99. The van der Waals surface area contributed by atoms with Crippen LogP contribution in [0.3, 0.4) is 0 Å². The quantitative estimate of drug-likeness (QED) is 0.109. The molecule has 5 rings (SSSR count). The van der Waals surface area contributed by atoms with E-state index in [1.807, 2.05) is 0 Å². The molecule has 1 unspecified atom stereocenters. The number of hydrogen-bond donors (Lipinski definition) is 3. The van der Waals surface area contributed by atoms with E-state index >= 15 is 0 Å². The van der Waals surface area contributed by atoms with Crippen molar-refractivity contribution >= 4 is 35.2 Å². The molecule has 216 valence electrons. The van der Waals surface area contributed by atoms with Gasteiger partial charge in [0.05, 0.1) is 11.3 Å². The first kappa shape index (κ1) is 30.4. The second kappa shape index (κ2) is 14.9. The van der Waals surface area contributed by atoms with E-state index in [2.05, 4.69) is 30.3 Å². The van der Waals surface area contributed by atoms with E-state index in [1.165, 1.54) is 12.4 Å². The molecule has 1 atom stereocenters. The van der Waals surface area contributed by atoms with Gasteiger partial charge in [0.2, 0.25) is 17.6 Å². The van der Waals surface area contributed by atoms with Gasteiger partial charge in [-0.05, 0) is 67.2 Å². The number of hydrogen-bond acceptors (Lipinski definition) is 8. The number of rotatable bonds is 8. The van der Waals surface area contributed by atoms with Gasteiger partial charge in [0.15, 0.2) is 17.4 Å². The Morgan fingerprint density at radius 1 is 1.07 bits per heavy atom. The topological polar surface area (TPSA) is 84.0 Å². The Bertz CT molecular complexity index is 1440. The van der Waals surface area contributed by atoms with Crippen LogP contribution in [0, 0.1) is 17.5 Å². The molecule has 3 heterocycles. The zero-order valence-corrected chi connectivity index (χ0v) is 23.5. The van der Waals surface area contributed by atoms with E-state index in [4.69, 9.17) is 16.3 Å². The smallest absolute Gasteiger partial charge is 0.228 e. The summed E-state index contributed by atoms with van der Waals surface area (Å²) in [5.41, 5.74) is 1.08. The molecule has 0 radical (unpaired) electrons. The van der Waals surface area contributed by atoms with Crippen molar-refractivity contribution in [3.05, 3.63) is 89.0 Å². The molecule has 4 aromatic rings. The van der Waals surface area contributed by atoms with Crippen LogP contribution >= 0.6 is 23.5 Å². The summed E-state index contributed by atoms with van der Waals surface area (Å²) in [7, 11) is 1.66. The second-order valence-electron chi connectivity index (χ2n) is 8.79. The van der Waals surface area contributed by atoms with Gasteiger partial charge in [0.1, 0.15) is 11.9 Å². The zero-order valence-electron chi connectivity index (χ0n) is 21.9. The molecule has 1 saturated heterocycles. The Morgan fingerprint density at radius 2 is 1.88 bits per heavy atom. The van der Waals surface area contributed by atoms with Crippen molar-refractivity contribution < 1.29 is 22.3 Å². The zero-order chi connectivity index (χ0) is 29.2. The summed E-state index contributed by atoms with van der Waals surface area (Å²) < 4.78 is 64.3. The number of nitrogens with one attached hydrogen (secondary N) is 3. The predicted molar refractivity (Wildman–Crippen MR) is 155 cm³/mol. The van der Waals surface area contributed by atoms with Crippen LogP contribution in [0.4, 0.5) is 29.2 Å². The van der Waals surface area contributed by atoms with Gasteiger partial charge in [0.25, 0.3) is 0 Å². The fourth-order valence-corrected chi connectivity index (χ4v) is 4.61. The first-order valence-corrected chi connectivity index (χ1v) is 14.0. The fourth-order valence-electron chi connectivity index (χ4n) is 3.72. The van der Waals surface area contributed by atoms with Gasteiger partial charge in [-0.15, -0.1) is 0 Å². The lowest BCUT2D eigenvalue weighted by Gasteiger charge is -2.14. The summed E-state index contributed by atoms with van der Waals surface area (Å²) in [6, 6.07) is 12.6. The van der Waals surface area contributed by atoms with Crippen molar-refractivity contribution in [1.82, 2.24) is 20.3 Å². The number of piperidine rings is 1. The molecular formula is C28H27ClF4N6OS. The number of pyridine rings is 1. The van der Waals surface area contributed by atoms with Gasteiger partial charge in [-0.2, -0.15) is 4.39 Å². The first-order chi connectivity index (χ1) is 19.9. The van der Waals surface area contributed by atoms with E-state index in [-0.39, 0.29) is 5.88 Å². The van der Waals surface area contributed by atoms with Crippen LogP contribution in [-0.2, 0) is 5.75 Å². The number of alkyl halides is 1. The van der Waals surface area contributed by atoms with Gasteiger partial charge in [-0.3, -0.25) is 0 Å². The maximum absolute atomic E-state index is 14.8. The lowest BCUT2D eigenvalue weighted by Crippen LogP contribution is -2.30. The maximum Gasteiger partial charge on any atom is 0.228 e. The van der Waals surface area contributed by atoms with Crippen LogP contribution in [0.1, 0.15) is 18.4 Å². The summed E-state index contributed by atoms with van der Waals surface area (Å²) in [5, 5.41) is 6.35. The minimum Gasteiger partial charge on any atom is -0.435 e. The number of aromatic nitrogens is 3. The van der Waals surface area contributed by atoms with E-state index in [9.17, 15) is 17.6 Å². The van der Waals surface area contributed by atoms with Crippen LogP contribution in [0.25, 0.3) is 11.3 Å². The van der Waals surface area contributed by atoms with Crippen molar-refractivity contribution in [2.45, 2.75) is 24.8 Å². The molecule has 13 heteroatoms. The number of benzene rings is 2. The van der Waals surface area contributed by atoms with Crippen molar-refractivity contribution in [3.63, 3.8) is 0 Å². The van der Waals surface area contributed by atoms with Crippen LogP contribution in [0.15, 0.2) is 60.9 Å². The molecule has 2 aromatic heterocycles. The molecule has 3 N–H and O–H groups in total. The Kier molecular flexibility index (Phi) is 11.0. The average molecular weight is 607 g/mol. The van der Waals surface area contributed by atoms with E-state index in [0.29, 0.717) is 34.5 Å². The lowest BCUT2D eigenvalue weighted by molar-refractivity contribution is 0.266. The highest BCUT2D eigenvalue weighted by molar-refractivity contribution is 7.99. The van der Waals surface area contributed by atoms with Crippen LogP contribution in [0.5, 0.6) is 11.6 Å². The third kappa shape index (κ3) is 8.44. The Balaban J connectivity index is 0.000000483. The maximum atomic E-state index is 14.8. The molecule has 0 bridgehead atoms. The molecule has 41 heavy (non-hydrogen) atoms. The normalized spacial score (nSPS) is 14.5. The van der Waals surface area contributed by atoms with Gasteiger partial charge >= 0.3 is 0 Å². The standard InChI is InChI=1S/C23H17ClF3N5OS.C5H10FN/c1-28-23-30-10-8-17(31-23)15-3-2-9-29-22(15)33-18-11-16(25)21(20(27)19(18)26)32-34-12-13-4-6-14(24)7-5-13;6-5-2-1-3-7-4-5/h2-11,32H,12H2,1H3,(H,28,30,31);5,7H,1-4H2. The molecule has 0 spiro atoms. The molecule has 7 nitrogen and oxygen atoms in total. The largest absolute Gasteiger partial charge is 0.435 e. The minimum absolute atomic E-state index is 0.0706. The van der Waals surface area contributed by atoms with Crippen LogP contribution in [-0.4, -0.2) is 41.3 Å². The minimum atomic E-state index is -1.41. The molecule has 1 aliphatic rings. The number of anilines is 2. The first-order valence-electron chi connectivity index (χ1n) is 12.6. The van der Waals surface area contributed by atoms with Gasteiger partial charge in [-0.25, -0.2) is 28.1 Å². The second-order valence-corrected chi connectivity index (χ2v) is 10.0. The highest BCUT2D eigenvalue weighted by atomic mass is 35.5. The van der Waals surface area contributed by atoms with Crippen molar-refractivity contribution in [1.29, 1.82) is 0 Å². The van der Waals surface area contributed by atoms with Gasteiger partial charge in [0, 0.05) is 42.8 Å². The van der Waals surface area contributed by atoms with E-state index in [0.717, 1.165) is 43.0 Å². The Hall–Kier alpha value is -3.61. The fraction of sp³-hybridized carbons (Fsp3) is 0.250. The highest BCUT2D eigenvalue weighted by Gasteiger charge is 2.22. The molecule has 0 amide bonds. The molecule has 0 saturated carbocycles. The predicted octanol–water partition coefficient (Wildman–Crippen LogP) is 7.41. The summed E-state index contributed by atoms with van der Waals surface area (Å²) >= 11 is 6.85. The molecule has 1 aliphatic heterocycles. The van der Waals surface area contributed by atoms with Crippen molar-refractivity contribution in [2.75, 3.05) is 30.2 Å². The third-order valence-electron chi connectivity index (χ3n) is 5.82. The van der Waals surface area contributed by atoms with Gasteiger partial charge < -0.3 is 20.1 Å². The van der Waals surface area contributed by atoms with Crippen molar-refractivity contribution in [3.8, 4) is 22.9 Å².